The third-order valence-electron chi connectivity index (χ3n) is 4.49. The third kappa shape index (κ3) is 6.89. The molecule has 0 aliphatic heterocycles. The standard InChI is InChI=1S/C23H28F2N4O2/c1-4-5-12-29(14-15(2)26)21-11-10-17(24)13-20(21)28-22(30)16(3)27-23(31)18-8-6-7-9-19(18)25/h4-11,13,15-16H,12,14,26H2,1-3H3,(H,27,31)(H,28,30)/b5-4-. The fourth-order valence-corrected chi connectivity index (χ4v) is 2.96. The molecule has 0 heterocycles. The number of hydrogen-bond acceptors (Lipinski definition) is 4. The summed E-state index contributed by atoms with van der Waals surface area (Å²) in [6, 6.07) is 8.43. The molecule has 2 aromatic carbocycles. The fourth-order valence-electron chi connectivity index (χ4n) is 2.96. The maximum atomic E-state index is 13.9. The van der Waals surface area contributed by atoms with E-state index in [0.717, 1.165) is 6.07 Å². The van der Waals surface area contributed by atoms with Crippen molar-refractivity contribution < 1.29 is 18.4 Å². The van der Waals surface area contributed by atoms with Crippen LogP contribution in [0.1, 0.15) is 31.1 Å². The highest BCUT2D eigenvalue weighted by atomic mass is 19.1. The van der Waals surface area contributed by atoms with Gasteiger partial charge in [0.2, 0.25) is 5.91 Å². The minimum absolute atomic E-state index is 0.155. The number of allylic oxidation sites excluding steroid dienone is 1. The minimum Gasteiger partial charge on any atom is -0.365 e. The first kappa shape index (κ1) is 24.0. The maximum Gasteiger partial charge on any atom is 0.254 e. The van der Waals surface area contributed by atoms with Crippen molar-refractivity contribution in [1.29, 1.82) is 0 Å². The number of nitrogens with two attached hydrogens (primary N) is 1. The van der Waals surface area contributed by atoms with Gasteiger partial charge in [-0.2, -0.15) is 0 Å². The van der Waals surface area contributed by atoms with E-state index in [1.54, 1.807) is 6.07 Å². The molecule has 0 saturated carbocycles. The molecule has 0 radical (unpaired) electrons. The highest BCUT2D eigenvalue weighted by Crippen LogP contribution is 2.27. The van der Waals surface area contributed by atoms with Gasteiger partial charge in [0.1, 0.15) is 17.7 Å². The van der Waals surface area contributed by atoms with E-state index < -0.39 is 29.5 Å². The number of rotatable bonds is 9. The summed E-state index contributed by atoms with van der Waals surface area (Å²) < 4.78 is 27.7. The molecule has 31 heavy (non-hydrogen) atoms. The molecule has 4 N–H and O–H groups in total. The number of hydrogen-bond donors (Lipinski definition) is 3. The molecule has 2 unspecified atom stereocenters. The van der Waals surface area contributed by atoms with Crippen LogP contribution < -0.4 is 21.3 Å². The molecule has 0 aliphatic rings. The monoisotopic (exact) mass is 430 g/mol. The van der Waals surface area contributed by atoms with Gasteiger partial charge in [0.25, 0.3) is 5.91 Å². The molecule has 6 nitrogen and oxygen atoms in total. The topological polar surface area (TPSA) is 87.5 Å². The Balaban J connectivity index is 2.20. The number of anilines is 2. The van der Waals surface area contributed by atoms with E-state index in [2.05, 4.69) is 10.6 Å². The summed E-state index contributed by atoms with van der Waals surface area (Å²) in [4.78, 5) is 26.9. The molecule has 166 valence electrons. The summed E-state index contributed by atoms with van der Waals surface area (Å²) in [5.74, 6) is -2.49. The largest absolute Gasteiger partial charge is 0.365 e. The van der Waals surface area contributed by atoms with Crippen LogP contribution in [0.4, 0.5) is 20.2 Å². The van der Waals surface area contributed by atoms with Gasteiger partial charge in [-0.25, -0.2) is 8.78 Å². The predicted octanol–water partition coefficient (Wildman–Crippen LogP) is 3.45. The molecule has 0 fully saturated rings. The average Bonchev–Trinajstić information content (AvgIpc) is 2.71. The van der Waals surface area contributed by atoms with Crippen molar-refractivity contribution in [3.05, 3.63) is 71.8 Å². The summed E-state index contributed by atoms with van der Waals surface area (Å²) in [5.41, 5.74) is 6.63. The van der Waals surface area contributed by atoms with Gasteiger partial charge in [0, 0.05) is 19.1 Å². The summed E-state index contributed by atoms with van der Waals surface area (Å²) in [5, 5.41) is 5.12. The summed E-state index contributed by atoms with van der Waals surface area (Å²) in [7, 11) is 0. The Labute approximate surface area is 181 Å². The molecule has 8 heteroatoms. The Morgan fingerprint density at radius 2 is 1.87 bits per heavy atom. The minimum atomic E-state index is -0.986. The SMILES string of the molecule is C/C=C\CN(CC(C)N)c1ccc(F)cc1NC(=O)C(C)NC(=O)c1ccccc1F. The van der Waals surface area contributed by atoms with Gasteiger partial charge in [0.15, 0.2) is 0 Å². The maximum absolute atomic E-state index is 13.9. The molecular weight excluding hydrogens is 402 g/mol. The lowest BCUT2D eigenvalue weighted by Crippen LogP contribution is -2.42. The quantitative estimate of drug-likeness (QED) is 0.532. The normalized spacial score (nSPS) is 13.0. The number of carbonyl (C=O) groups is 2. The van der Waals surface area contributed by atoms with E-state index in [1.165, 1.54) is 37.3 Å². The second kappa shape index (κ2) is 11.2. The van der Waals surface area contributed by atoms with Crippen molar-refractivity contribution in [2.24, 2.45) is 5.73 Å². The van der Waals surface area contributed by atoms with Gasteiger partial charge >= 0.3 is 0 Å². The van der Waals surface area contributed by atoms with E-state index in [9.17, 15) is 18.4 Å². The van der Waals surface area contributed by atoms with Gasteiger partial charge in [-0.3, -0.25) is 9.59 Å². The van der Waals surface area contributed by atoms with Crippen LogP contribution in [0.2, 0.25) is 0 Å². The molecular formula is C23H28F2N4O2. The molecule has 2 atom stereocenters. The highest BCUT2D eigenvalue weighted by Gasteiger charge is 2.21. The van der Waals surface area contributed by atoms with E-state index in [1.807, 2.05) is 30.9 Å². The van der Waals surface area contributed by atoms with E-state index in [-0.39, 0.29) is 17.3 Å². The fraction of sp³-hybridized carbons (Fsp3) is 0.304. The van der Waals surface area contributed by atoms with E-state index in [4.69, 9.17) is 5.73 Å². The molecule has 0 bridgehead atoms. The first-order valence-corrected chi connectivity index (χ1v) is 10.0. The van der Waals surface area contributed by atoms with Crippen LogP contribution in [0.25, 0.3) is 0 Å². The number of nitrogens with one attached hydrogen (secondary N) is 2. The first-order valence-electron chi connectivity index (χ1n) is 10.0. The number of nitrogens with zero attached hydrogens (tertiary/aromatic N) is 1. The second-order valence-corrected chi connectivity index (χ2v) is 7.28. The molecule has 0 saturated heterocycles. The molecule has 2 aromatic rings. The number of benzene rings is 2. The van der Waals surface area contributed by atoms with Crippen molar-refractivity contribution in [2.45, 2.75) is 32.9 Å². The van der Waals surface area contributed by atoms with Gasteiger partial charge < -0.3 is 21.3 Å². The summed E-state index contributed by atoms with van der Waals surface area (Å²) in [6.45, 7) is 6.21. The highest BCUT2D eigenvalue weighted by molar-refractivity contribution is 6.02. The lowest BCUT2D eigenvalue weighted by molar-refractivity contribution is -0.117. The van der Waals surface area contributed by atoms with Crippen LogP contribution >= 0.6 is 0 Å². The van der Waals surface area contributed by atoms with Crippen LogP contribution in [0.3, 0.4) is 0 Å². The average molecular weight is 430 g/mol. The first-order chi connectivity index (χ1) is 14.7. The van der Waals surface area contributed by atoms with Gasteiger partial charge in [-0.1, -0.05) is 24.3 Å². The van der Waals surface area contributed by atoms with Crippen LogP contribution in [0.5, 0.6) is 0 Å². The summed E-state index contributed by atoms with van der Waals surface area (Å²) in [6.07, 6.45) is 3.81. The van der Waals surface area contributed by atoms with Crippen LogP contribution in [0, 0.1) is 11.6 Å². The number of halogens is 2. The van der Waals surface area contributed by atoms with Crippen LogP contribution in [-0.2, 0) is 4.79 Å². The zero-order valence-electron chi connectivity index (χ0n) is 17.9. The van der Waals surface area contributed by atoms with Crippen molar-refractivity contribution in [1.82, 2.24) is 5.32 Å². The van der Waals surface area contributed by atoms with E-state index in [0.29, 0.717) is 18.8 Å². The van der Waals surface area contributed by atoms with Gasteiger partial charge in [-0.15, -0.1) is 0 Å². The zero-order chi connectivity index (χ0) is 23.0. The Morgan fingerprint density at radius 3 is 2.52 bits per heavy atom. The Kier molecular flexibility index (Phi) is 8.69. The lowest BCUT2D eigenvalue weighted by atomic mass is 10.1. The second-order valence-electron chi connectivity index (χ2n) is 7.28. The Hall–Kier alpha value is -3.26. The van der Waals surface area contributed by atoms with Crippen molar-refractivity contribution >= 4 is 23.2 Å². The Morgan fingerprint density at radius 1 is 1.16 bits per heavy atom. The summed E-state index contributed by atoms with van der Waals surface area (Å²) >= 11 is 0. The van der Waals surface area contributed by atoms with Crippen LogP contribution in [0.15, 0.2) is 54.6 Å². The van der Waals surface area contributed by atoms with Crippen LogP contribution in [-0.4, -0.2) is 37.0 Å². The molecule has 0 aliphatic carbocycles. The lowest BCUT2D eigenvalue weighted by Gasteiger charge is -2.28. The van der Waals surface area contributed by atoms with Gasteiger partial charge in [-0.05, 0) is 51.1 Å². The van der Waals surface area contributed by atoms with Crippen molar-refractivity contribution in [3.8, 4) is 0 Å². The number of amides is 2. The number of carbonyl (C=O) groups excluding carboxylic acids is 2. The molecule has 2 amide bonds. The molecule has 2 rings (SSSR count). The molecule has 0 aromatic heterocycles. The van der Waals surface area contributed by atoms with Crippen molar-refractivity contribution in [2.75, 3.05) is 23.3 Å². The van der Waals surface area contributed by atoms with Crippen molar-refractivity contribution in [3.63, 3.8) is 0 Å². The molecule has 0 spiro atoms. The van der Waals surface area contributed by atoms with Gasteiger partial charge in [0.05, 0.1) is 16.9 Å². The smallest absolute Gasteiger partial charge is 0.254 e. The predicted molar refractivity (Wildman–Crippen MR) is 119 cm³/mol. The Bertz CT molecular complexity index is 947. The third-order valence-corrected chi connectivity index (χ3v) is 4.49. The zero-order valence-corrected chi connectivity index (χ0v) is 17.9. The van der Waals surface area contributed by atoms with E-state index >= 15 is 0 Å².